The van der Waals surface area contributed by atoms with Gasteiger partial charge in [-0.05, 0) is 51.0 Å². The molecule has 1 N–H and O–H groups in total. The molecule has 1 unspecified atom stereocenters. The second kappa shape index (κ2) is 9.56. The van der Waals surface area contributed by atoms with Gasteiger partial charge in [-0.2, -0.15) is 0 Å². The van der Waals surface area contributed by atoms with Crippen molar-refractivity contribution in [1.82, 2.24) is 15.3 Å². The molecule has 0 saturated carbocycles. The molecule has 0 saturated heterocycles. The minimum absolute atomic E-state index is 0.0607. The molecule has 1 amide bonds. The van der Waals surface area contributed by atoms with Gasteiger partial charge in [0.2, 0.25) is 5.91 Å². The van der Waals surface area contributed by atoms with E-state index in [1.54, 1.807) is 12.4 Å². The van der Waals surface area contributed by atoms with Crippen LogP contribution in [0.4, 0.5) is 0 Å². The van der Waals surface area contributed by atoms with E-state index in [0.717, 1.165) is 11.1 Å². The smallest absolute Gasteiger partial charge is 0.252 e. The Morgan fingerprint density at radius 3 is 2.45 bits per heavy atom. The molecule has 3 aromatic rings. The average molecular weight is 408 g/mol. The number of hydrogen-bond acceptors (Lipinski definition) is 5. The Labute approximate surface area is 175 Å². The summed E-state index contributed by atoms with van der Waals surface area (Å²) < 4.78 is 5.85. The second-order valence-electron chi connectivity index (χ2n) is 7.02. The van der Waals surface area contributed by atoms with Gasteiger partial charge < -0.3 is 10.1 Å². The van der Waals surface area contributed by atoms with Crippen LogP contribution < -0.4 is 10.1 Å². The van der Waals surface area contributed by atoms with E-state index < -0.39 is 0 Å². The van der Waals surface area contributed by atoms with Crippen LogP contribution in [0.15, 0.2) is 59.9 Å². The van der Waals surface area contributed by atoms with Crippen LogP contribution in [0.2, 0.25) is 0 Å². The summed E-state index contributed by atoms with van der Waals surface area (Å²) in [6.07, 6.45) is 3.18. The number of nitrogens with one attached hydrogen (secondary N) is 1. The minimum Gasteiger partial charge on any atom is -0.437 e. The third-order valence-corrected chi connectivity index (χ3v) is 5.44. The maximum atomic E-state index is 12.5. The molecule has 0 bridgehead atoms. The number of benzene rings is 2. The van der Waals surface area contributed by atoms with Gasteiger partial charge in [-0.1, -0.05) is 53.2 Å². The van der Waals surface area contributed by atoms with Crippen LogP contribution in [0, 0.1) is 20.8 Å². The Hall–Kier alpha value is -2.86. The number of aryl methyl sites for hydroxylation is 3. The molecule has 150 valence electrons. The van der Waals surface area contributed by atoms with Crippen LogP contribution >= 0.6 is 11.8 Å². The summed E-state index contributed by atoms with van der Waals surface area (Å²) in [6.45, 7) is 8.14. The van der Waals surface area contributed by atoms with Gasteiger partial charge in [0, 0.05) is 12.4 Å². The summed E-state index contributed by atoms with van der Waals surface area (Å²) in [4.78, 5) is 21.1. The Balaban J connectivity index is 1.60. The van der Waals surface area contributed by atoms with E-state index in [1.165, 1.54) is 22.9 Å². The third-order valence-electron chi connectivity index (χ3n) is 4.48. The highest BCUT2D eigenvalue weighted by Gasteiger charge is 2.15. The van der Waals surface area contributed by atoms with E-state index in [0.29, 0.717) is 16.7 Å². The van der Waals surface area contributed by atoms with Crippen molar-refractivity contribution in [3.8, 4) is 11.6 Å². The first-order chi connectivity index (χ1) is 13.9. The molecule has 3 rings (SSSR count). The van der Waals surface area contributed by atoms with Crippen LogP contribution in [-0.2, 0) is 4.79 Å². The standard InChI is InChI=1S/C23H25N3O2S/c1-15-5-8-19(9-6-15)28-22-23(25-12-11-24-22)29-14-21(27)26-18(4)20-10-7-16(2)13-17(20)3/h5-13,18H,14H2,1-4H3,(H,26,27). The molecule has 29 heavy (non-hydrogen) atoms. The fraction of sp³-hybridized carbons (Fsp3) is 0.261. The molecule has 2 aromatic carbocycles. The average Bonchev–Trinajstić information content (AvgIpc) is 2.69. The van der Waals surface area contributed by atoms with Crippen molar-refractivity contribution in [1.29, 1.82) is 0 Å². The van der Waals surface area contributed by atoms with E-state index in [-0.39, 0.29) is 17.7 Å². The molecule has 0 aliphatic rings. The molecule has 0 aliphatic heterocycles. The van der Waals surface area contributed by atoms with Crippen molar-refractivity contribution in [2.24, 2.45) is 0 Å². The highest BCUT2D eigenvalue weighted by molar-refractivity contribution is 8.00. The normalized spacial score (nSPS) is 11.7. The quantitative estimate of drug-likeness (QED) is 0.548. The number of rotatable bonds is 7. The lowest BCUT2D eigenvalue weighted by atomic mass is 10.0. The number of thioether (sulfide) groups is 1. The number of amides is 1. The van der Waals surface area contributed by atoms with Crippen molar-refractivity contribution in [3.63, 3.8) is 0 Å². The molecule has 1 atom stereocenters. The van der Waals surface area contributed by atoms with Gasteiger partial charge >= 0.3 is 0 Å². The second-order valence-corrected chi connectivity index (χ2v) is 7.98. The zero-order valence-corrected chi connectivity index (χ0v) is 17.9. The SMILES string of the molecule is Cc1ccc(Oc2nccnc2SCC(=O)NC(C)c2ccc(C)cc2C)cc1. The minimum atomic E-state index is -0.0613. The summed E-state index contributed by atoms with van der Waals surface area (Å²) in [5.41, 5.74) is 4.66. The number of carbonyl (C=O) groups excluding carboxylic acids is 1. The first-order valence-electron chi connectivity index (χ1n) is 9.47. The number of carbonyl (C=O) groups is 1. The lowest BCUT2D eigenvalue weighted by molar-refractivity contribution is -0.119. The van der Waals surface area contributed by atoms with E-state index in [9.17, 15) is 4.79 Å². The maximum Gasteiger partial charge on any atom is 0.252 e. The predicted molar refractivity (Wildman–Crippen MR) is 116 cm³/mol. The van der Waals surface area contributed by atoms with E-state index in [4.69, 9.17) is 4.74 Å². The molecular weight excluding hydrogens is 382 g/mol. The van der Waals surface area contributed by atoms with Gasteiger partial charge in [0.1, 0.15) is 5.75 Å². The molecular formula is C23H25N3O2S. The van der Waals surface area contributed by atoms with Crippen LogP contribution in [0.1, 0.15) is 35.2 Å². The van der Waals surface area contributed by atoms with Crippen LogP contribution in [-0.4, -0.2) is 21.6 Å². The maximum absolute atomic E-state index is 12.5. The van der Waals surface area contributed by atoms with Crippen LogP contribution in [0.25, 0.3) is 0 Å². The molecule has 0 spiro atoms. The van der Waals surface area contributed by atoms with Crippen LogP contribution in [0.3, 0.4) is 0 Å². The molecule has 0 radical (unpaired) electrons. The predicted octanol–water partition coefficient (Wildman–Crippen LogP) is 5.16. The summed E-state index contributed by atoms with van der Waals surface area (Å²) in [5.74, 6) is 1.26. The first kappa shape index (κ1) is 20.9. The molecule has 1 aromatic heterocycles. The monoisotopic (exact) mass is 407 g/mol. The Bertz CT molecular complexity index is 990. The van der Waals surface area contributed by atoms with Crippen molar-refractivity contribution in [2.75, 3.05) is 5.75 Å². The van der Waals surface area contributed by atoms with Crippen molar-refractivity contribution in [3.05, 3.63) is 77.1 Å². The van der Waals surface area contributed by atoms with E-state index in [2.05, 4.69) is 47.3 Å². The number of nitrogens with zero attached hydrogens (tertiary/aromatic N) is 2. The van der Waals surface area contributed by atoms with Crippen molar-refractivity contribution >= 4 is 17.7 Å². The Morgan fingerprint density at radius 1 is 1.03 bits per heavy atom. The number of hydrogen-bond donors (Lipinski definition) is 1. The highest BCUT2D eigenvalue weighted by atomic mass is 32.2. The number of ether oxygens (including phenoxy) is 1. The topological polar surface area (TPSA) is 64.1 Å². The Morgan fingerprint density at radius 2 is 1.72 bits per heavy atom. The van der Waals surface area contributed by atoms with Gasteiger partial charge in [-0.15, -0.1) is 0 Å². The van der Waals surface area contributed by atoms with E-state index in [1.807, 2.05) is 38.1 Å². The van der Waals surface area contributed by atoms with Crippen molar-refractivity contribution < 1.29 is 9.53 Å². The van der Waals surface area contributed by atoms with Gasteiger partial charge in [-0.3, -0.25) is 4.79 Å². The zero-order valence-electron chi connectivity index (χ0n) is 17.1. The molecule has 1 heterocycles. The zero-order chi connectivity index (χ0) is 20.8. The number of aromatic nitrogens is 2. The summed E-state index contributed by atoms with van der Waals surface area (Å²) in [5, 5.41) is 3.64. The van der Waals surface area contributed by atoms with Gasteiger partial charge in [0.05, 0.1) is 11.8 Å². The van der Waals surface area contributed by atoms with Gasteiger partial charge in [-0.25, -0.2) is 9.97 Å². The molecule has 6 heteroatoms. The van der Waals surface area contributed by atoms with Crippen LogP contribution in [0.5, 0.6) is 11.6 Å². The summed E-state index contributed by atoms with van der Waals surface area (Å²) in [6, 6.07) is 13.9. The molecule has 0 fully saturated rings. The first-order valence-corrected chi connectivity index (χ1v) is 10.5. The third kappa shape index (κ3) is 5.81. The largest absolute Gasteiger partial charge is 0.437 e. The lowest BCUT2D eigenvalue weighted by Gasteiger charge is -2.17. The van der Waals surface area contributed by atoms with Gasteiger partial charge in [0.25, 0.3) is 5.88 Å². The Kier molecular flexibility index (Phi) is 6.88. The van der Waals surface area contributed by atoms with E-state index >= 15 is 0 Å². The summed E-state index contributed by atoms with van der Waals surface area (Å²) in [7, 11) is 0. The van der Waals surface area contributed by atoms with Crippen molar-refractivity contribution in [2.45, 2.75) is 38.8 Å². The molecule has 5 nitrogen and oxygen atoms in total. The lowest BCUT2D eigenvalue weighted by Crippen LogP contribution is -2.28. The highest BCUT2D eigenvalue weighted by Crippen LogP contribution is 2.29. The van der Waals surface area contributed by atoms with Gasteiger partial charge in [0.15, 0.2) is 5.03 Å². The molecule has 0 aliphatic carbocycles. The fourth-order valence-corrected chi connectivity index (χ4v) is 3.71. The fourth-order valence-electron chi connectivity index (χ4n) is 3.01. The summed E-state index contributed by atoms with van der Waals surface area (Å²) >= 11 is 1.31.